The summed E-state index contributed by atoms with van der Waals surface area (Å²) in [6.45, 7) is 0.895. The molecule has 0 aliphatic carbocycles. The Morgan fingerprint density at radius 1 is 1.50 bits per heavy atom. The van der Waals surface area contributed by atoms with Gasteiger partial charge in [0.05, 0.1) is 5.02 Å². The lowest BCUT2D eigenvalue weighted by atomic mass is 10.2. The van der Waals surface area contributed by atoms with Crippen molar-refractivity contribution in [2.75, 3.05) is 18.4 Å². The smallest absolute Gasteiger partial charge is 0.207 e. The molecule has 1 aliphatic heterocycles. The van der Waals surface area contributed by atoms with Gasteiger partial charge in [0.1, 0.15) is 10.7 Å². The lowest BCUT2D eigenvalue weighted by Gasteiger charge is -2.17. The van der Waals surface area contributed by atoms with Crippen molar-refractivity contribution in [2.24, 2.45) is 5.92 Å². The minimum Gasteiger partial charge on any atom is -0.207 e. The summed E-state index contributed by atoms with van der Waals surface area (Å²) in [6.07, 6.45) is 0.803. The fourth-order valence-electron chi connectivity index (χ4n) is 1.96. The molecule has 1 aromatic rings. The zero-order valence-electron chi connectivity index (χ0n) is 9.44. The Hall–Kier alpha value is -0.170. The molecule has 100 valence electrons. The molecule has 1 aromatic carbocycles. The third-order valence-electron chi connectivity index (χ3n) is 2.98. The number of benzene rings is 1. The van der Waals surface area contributed by atoms with Gasteiger partial charge in [-0.25, -0.2) is 12.8 Å². The Bertz CT molecular complexity index is 552. The highest BCUT2D eigenvalue weighted by Gasteiger charge is 2.33. The molecular formula is C11H12BrClFNO2S. The second-order valence-electron chi connectivity index (χ2n) is 4.25. The van der Waals surface area contributed by atoms with Crippen LogP contribution in [-0.4, -0.2) is 31.1 Å². The lowest BCUT2D eigenvalue weighted by Crippen LogP contribution is -2.29. The lowest BCUT2D eigenvalue weighted by molar-refractivity contribution is 0.465. The van der Waals surface area contributed by atoms with E-state index >= 15 is 0 Å². The fourth-order valence-corrected chi connectivity index (χ4v) is 4.50. The number of sulfonamides is 1. The monoisotopic (exact) mass is 355 g/mol. The number of rotatable bonds is 3. The van der Waals surface area contributed by atoms with Crippen LogP contribution >= 0.6 is 27.5 Å². The van der Waals surface area contributed by atoms with Gasteiger partial charge >= 0.3 is 0 Å². The first-order valence-electron chi connectivity index (χ1n) is 5.46. The SMILES string of the molecule is O=S(=O)(c1cc(F)ccc1Cl)N1CCC(CBr)C1. The molecule has 1 unspecified atom stereocenters. The van der Waals surface area contributed by atoms with Crippen LogP contribution in [0.15, 0.2) is 23.1 Å². The van der Waals surface area contributed by atoms with Gasteiger partial charge in [0.25, 0.3) is 0 Å². The first-order valence-corrected chi connectivity index (χ1v) is 8.40. The second kappa shape index (κ2) is 5.45. The van der Waals surface area contributed by atoms with E-state index in [1.165, 1.54) is 10.4 Å². The van der Waals surface area contributed by atoms with Gasteiger partial charge < -0.3 is 0 Å². The maximum absolute atomic E-state index is 13.2. The van der Waals surface area contributed by atoms with Gasteiger partial charge in [-0.3, -0.25) is 0 Å². The van der Waals surface area contributed by atoms with Crippen LogP contribution < -0.4 is 0 Å². The summed E-state index contributed by atoms with van der Waals surface area (Å²) in [5.74, 6) is -0.304. The van der Waals surface area contributed by atoms with Crippen LogP contribution in [-0.2, 0) is 10.0 Å². The average molecular weight is 357 g/mol. The maximum atomic E-state index is 13.2. The summed E-state index contributed by atoms with van der Waals surface area (Å²) in [6, 6.07) is 3.38. The van der Waals surface area contributed by atoms with Gasteiger partial charge in [-0.2, -0.15) is 4.31 Å². The number of alkyl halides is 1. The summed E-state index contributed by atoms with van der Waals surface area (Å²) in [5, 5.41) is 0.814. The van der Waals surface area contributed by atoms with Crippen LogP contribution in [0.2, 0.25) is 5.02 Å². The predicted octanol–water partition coefficient (Wildman–Crippen LogP) is 2.88. The Balaban J connectivity index is 2.34. The molecule has 18 heavy (non-hydrogen) atoms. The normalized spacial score (nSPS) is 21.4. The summed E-state index contributed by atoms with van der Waals surface area (Å²) < 4.78 is 39.2. The molecule has 2 rings (SSSR count). The highest BCUT2D eigenvalue weighted by atomic mass is 79.9. The fraction of sp³-hybridized carbons (Fsp3) is 0.455. The number of hydrogen-bond donors (Lipinski definition) is 0. The predicted molar refractivity (Wildman–Crippen MR) is 72.1 cm³/mol. The molecule has 3 nitrogen and oxygen atoms in total. The Morgan fingerprint density at radius 3 is 2.83 bits per heavy atom. The van der Waals surface area contributed by atoms with Crippen LogP contribution in [0.1, 0.15) is 6.42 Å². The van der Waals surface area contributed by atoms with Crippen LogP contribution in [0.4, 0.5) is 4.39 Å². The summed E-state index contributed by atoms with van der Waals surface area (Å²) in [5.41, 5.74) is 0. The van der Waals surface area contributed by atoms with Crippen LogP contribution in [0.3, 0.4) is 0 Å². The third kappa shape index (κ3) is 2.71. The highest BCUT2D eigenvalue weighted by Crippen LogP contribution is 2.29. The van der Waals surface area contributed by atoms with E-state index in [1.807, 2.05) is 0 Å². The molecule has 0 N–H and O–H groups in total. The van der Waals surface area contributed by atoms with E-state index in [-0.39, 0.29) is 9.92 Å². The molecule has 0 spiro atoms. The maximum Gasteiger partial charge on any atom is 0.244 e. The Kier molecular flexibility index (Phi) is 4.31. The van der Waals surface area contributed by atoms with Crippen molar-refractivity contribution in [3.8, 4) is 0 Å². The van der Waals surface area contributed by atoms with Crippen molar-refractivity contribution < 1.29 is 12.8 Å². The van der Waals surface area contributed by atoms with Gasteiger partial charge in [-0.1, -0.05) is 27.5 Å². The van der Waals surface area contributed by atoms with Gasteiger partial charge in [0, 0.05) is 18.4 Å². The van der Waals surface area contributed by atoms with Gasteiger partial charge in [-0.05, 0) is 30.5 Å². The zero-order chi connectivity index (χ0) is 13.3. The summed E-state index contributed by atoms with van der Waals surface area (Å²) >= 11 is 9.19. The van der Waals surface area contributed by atoms with Crippen molar-refractivity contribution in [1.82, 2.24) is 4.31 Å². The molecular weight excluding hydrogens is 345 g/mol. The Labute approximate surface area is 119 Å². The van der Waals surface area contributed by atoms with E-state index in [0.717, 1.165) is 23.9 Å². The van der Waals surface area contributed by atoms with E-state index in [4.69, 9.17) is 11.6 Å². The standard InChI is InChI=1S/C11H12BrClFNO2S/c12-6-8-3-4-15(7-8)18(16,17)11-5-9(14)1-2-10(11)13/h1-2,5,8H,3-4,6-7H2. The second-order valence-corrected chi connectivity index (χ2v) is 7.21. The van der Waals surface area contributed by atoms with E-state index in [2.05, 4.69) is 15.9 Å². The first-order chi connectivity index (χ1) is 8.45. The molecule has 0 aromatic heterocycles. The minimum atomic E-state index is -3.69. The minimum absolute atomic E-state index is 0.0543. The van der Waals surface area contributed by atoms with Crippen molar-refractivity contribution in [1.29, 1.82) is 0 Å². The van der Waals surface area contributed by atoms with Crippen LogP contribution in [0, 0.1) is 11.7 Å². The molecule has 0 saturated carbocycles. The number of nitrogens with zero attached hydrogens (tertiary/aromatic N) is 1. The molecule has 1 atom stereocenters. The van der Waals surface area contributed by atoms with E-state index < -0.39 is 15.8 Å². The van der Waals surface area contributed by atoms with Gasteiger partial charge in [0.15, 0.2) is 0 Å². The molecule has 1 fully saturated rings. The van der Waals surface area contributed by atoms with Crippen molar-refractivity contribution in [3.63, 3.8) is 0 Å². The first kappa shape index (κ1) is 14.2. The summed E-state index contributed by atoms with van der Waals surface area (Å²) in [4.78, 5) is -0.153. The largest absolute Gasteiger partial charge is 0.244 e. The van der Waals surface area contributed by atoms with E-state index in [9.17, 15) is 12.8 Å². The quantitative estimate of drug-likeness (QED) is 0.781. The molecule has 7 heteroatoms. The Morgan fingerprint density at radius 2 is 2.22 bits per heavy atom. The van der Waals surface area contributed by atoms with Gasteiger partial charge in [-0.15, -0.1) is 0 Å². The summed E-state index contributed by atoms with van der Waals surface area (Å²) in [7, 11) is -3.69. The molecule has 0 amide bonds. The van der Waals surface area contributed by atoms with Crippen molar-refractivity contribution in [2.45, 2.75) is 11.3 Å². The molecule has 1 saturated heterocycles. The van der Waals surface area contributed by atoms with Crippen molar-refractivity contribution >= 4 is 37.6 Å². The number of halogens is 3. The topological polar surface area (TPSA) is 37.4 Å². The van der Waals surface area contributed by atoms with E-state index in [0.29, 0.717) is 19.0 Å². The molecule has 1 aliphatic rings. The zero-order valence-corrected chi connectivity index (χ0v) is 12.6. The van der Waals surface area contributed by atoms with Gasteiger partial charge in [0.2, 0.25) is 10.0 Å². The molecule has 1 heterocycles. The van der Waals surface area contributed by atoms with Crippen LogP contribution in [0.25, 0.3) is 0 Å². The van der Waals surface area contributed by atoms with E-state index in [1.54, 1.807) is 0 Å². The molecule has 0 radical (unpaired) electrons. The van der Waals surface area contributed by atoms with Crippen LogP contribution in [0.5, 0.6) is 0 Å². The highest BCUT2D eigenvalue weighted by molar-refractivity contribution is 9.09. The average Bonchev–Trinajstić information content (AvgIpc) is 2.81. The third-order valence-corrected chi connectivity index (χ3v) is 6.24. The molecule has 0 bridgehead atoms. The van der Waals surface area contributed by atoms with Crippen molar-refractivity contribution in [3.05, 3.63) is 29.0 Å². The number of hydrogen-bond acceptors (Lipinski definition) is 2.